The number of rotatable bonds is 7. The lowest BCUT2D eigenvalue weighted by Gasteiger charge is -2.20. The molecule has 0 rings (SSSR count). The first-order valence-electron chi connectivity index (χ1n) is 4.89. The van der Waals surface area contributed by atoms with E-state index in [2.05, 4.69) is 0 Å². The van der Waals surface area contributed by atoms with Crippen LogP contribution >= 0.6 is 0 Å². The minimum atomic E-state index is -1.20. The van der Waals surface area contributed by atoms with Crippen LogP contribution in [-0.4, -0.2) is 35.5 Å². The van der Waals surface area contributed by atoms with Gasteiger partial charge in [-0.05, 0) is 26.3 Å². The van der Waals surface area contributed by atoms with Crippen LogP contribution in [-0.2, 0) is 9.59 Å². The van der Waals surface area contributed by atoms with Gasteiger partial charge in [0.1, 0.15) is 6.04 Å². The number of carbonyl (C=O) groups is 2. The van der Waals surface area contributed by atoms with E-state index >= 15 is 0 Å². The Balaban J connectivity index is 4.56. The van der Waals surface area contributed by atoms with E-state index in [1.807, 2.05) is 0 Å². The fourth-order valence-corrected chi connectivity index (χ4v) is 1.35. The number of carbonyl (C=O) groups excluding carboxylic acids is 1. The van der Waals surface area contributed by atoms with Gasteiger partial charge in [-0.25, -0.2) is 0 Å². The minimum Gasteiger partial charge on any atom is -0.480 e. The van der Waals surface area contributed by atoms with Gasteiger partial charge in [0.15, 0.2) is 5.78 Å². The molecule has 6 heteroatoms. The molecule has 0 aromatic heterocycles. The summed E-state index contributed by atoms with van der Waals surface area (Å²) in [4.78, 5) is 22.3. The Bertz CT molecular complexity index is 231. The normalized spacial score (nSPS) is 16.8. The summed E-state index contributed by atoms with van der Waals surface area (Å²) in [6.45, 7) is 1.92. The Morgan fingerprint density at radius 3 is 2.20 bits per heavy atom. The van der Waals surface area contributed by atoms with Gasteiger partial charge in [-0.15, -0.1) is 0 Å². The van der Waals surface area contributed by atoms with Crippen LogP contribution in [0.15, 0.2) is 0 Å². The third-order valence-corrected chi connectivity index (χ3v) is 2.25. The molecular weight excluding hydrogens is 198 g/mol. The molecule has 0 aliphatic carbocycles. The first-order chi connectivity index (χ1) is 6.91. The molecule has 0 saturated carbocycles. The second kappa shape index (κ2) is 6.49. The fourth-order valence-electron chi connectivity index (χ4n) is 1.35. The monoisotopic (exact) mass is 217 g/mol. The number of ketones is 1. The zero-order valence-electron chi connectivity index (χ0n) is 8.85. The first kappa shape index (κ1) is 14.0. The zero-order chi connectivity index (χ0) is 12.0. The van der Waals surface area contributed by atoms with Crippen LogP contribution in [0.1, 0.15) is 19.8 Å². The highest BCUT2D eigenvalue weighted by Gasteiger charge is 2.31. The lowest BCUT2D eigenvalue weighted by Crippen LogP contribution is -2.46. The topological polar surface area (TPSA) is 132 Å². The molecule has 88 valence electrons. The number of carboxylic acid groups (broad SMARTS) is 1. The van der Waals surface area contributed by atoms with Gasteiger partial charge in [0, 0.05) is 5.92 Å². The minimum absolute atomic E-state index is 0.321. The molecule has 0 spiro atoms. The van der Waals surface area contributed by atoms with E-state index in [-0.39, 0.29) is 5.78 Å². The Labute approximate surface area is 88.8 Å². The van der Waals surface area contributed by atoms with Gasteiger partial charge < -0.3 is 22.3 Å². The summed E-state index contributed by atoms with van der Waals surface area (Å²) in [6.07, 6.45) is 0.925. The van der Waals surface area contributed by atoms with Crippen LogP contribution in [0.3, 0.4) is 0 Å². The summed E-state index contributed by atoms with van der Waals surface area (Å²) in [7, 11) is 0. The number of hydrogen-bond donors (Lipinski definition) is 4. The summed E-state index contributed by atoms with van der Waals surface area (Å²) in [6, 6.07) is -1.90. The number of aliphatic carboxylic acids is 1. The van der Waals surface area contributed by atoms with E-state index in [4.69, 9.17) is 22.3 Å². The van der Waals surface area contributed by atoms with Gasteiger partial charge in [-0.2, -0.15) is 0 Å². The van der Waals surface area contributed by atoms with Gasteiger partial charge >= 0.3 is 5.97 Å². The predicted molar refractivity (Wildman–Crippen MR) is 56.0 cm³/mol. The Kier molecular flexibility index (Phi) is 6.07. The lowest BCUT2D eigenvalue weighted by molar-refractivity contribution is -0.143. The molecule has 15 heavy (non-hydrogen) atoms. The highest BCUT2D eigenvalue weighted by atomic mass is 16.4. The van der Waals surface area contributed by atoms with E-state index in [0.29, 0.717) is 19.4 Å². The van der Waals surface area contributed by atoms with Gasteiger partial charge in [-0.1, -0.05) is 0 Å². The second-order valence-corrected chi connectivity index (χ2v) is 3.59. The van der Waals surface area contributed by atoms with Crippen molar-refractivity contribution in [2.45, 2.75) is 31.8 Å². The summed E-state index contributed by atoms with van der Waals surface area (Å²) in [5, 5.41) is 8.73. The van der Waals surface area contributed by atoms with E-state index in [0.717, 1.165) is 0 Å². The maximum absolute atomic E-state index is 11.6. The molecule has 6 nitrogen and oxygen atoms in total. The lowest BCUT2D eigenvalue weighted by atomic mass is 9.88. The number of carboxylic acids is 1. The Morgan fingerprint density at radius 2 is 1.87 bits per heavy atom. The molecule has 0 aromatic rings. The largest absolute Gasteiger partial charge is 0.480 e. The van der Waals surface area contributed by atoms with Crippen molar-refractivity contribution in [2.24, 2.45) is 23.1 Å². The molecule has 0 aromatic carbocycles. The van der Waals surface area contributed by atoms with Gasteiger partial charge in [-0.3, -0.25) is 9.59 Å². The van der Waals surface area contributed by atoms with Crippen molar-refractivity contribution in [3.63, 3.8) is 0 Å². The standard InChI is InChI=1S/C9H19N3O3/c1-5(11)8(13)6(3-2-4-10)7(12)9(14)15/h5-7H,2-4,10-12H2,1H3,(H,14,15)/t5-,6?,7-/m0/s1. The van der Waals surface area contributed by atoms with Crippen molar-refractivity contribution in [3.05, 3.63) is 0 Å². The van der Waals surface area contributed by atoms with Crippen molar-refractivity contribution in [1.82, 2.24) is 0 Å². The van der Waals surface area contributed by atoms with Crippen molar-refractivity contribution >= 4 is 11.8 Å². The van der Waals surface area contributed by atoms with Crippen LogP contribution in [0.25, 0.3) is 0 Å². The molecule has 0 radical (unpaired) electrons. The SMILES string of the molecule is C[C@H](N)C(=O)C(CCCN)[C@H](N)C(=O)O. The third kappa shape index (κ3) is 4.37. The Morgan fingerprint density at radius 1 is 1.33 bits per heavy atom. The van der Waals surface area contributed by atoms with Crippen molar-refractivity contribution in [2.75, 3.05) is 6.54 Å². The average molecular weight is 217 g/mol. The molecule has 3 atom stereocenters. The third-order valence-electron chi connectivity index (χ3n) is 2.25. The van der Waals surface area contributed by atoms with Crippen LogP contribution in [0, 0.1) is 5.92 Å². The second-order valence-electron chi connectivity index (χ2n) is 3.59. The van der Waals surface area contributed by atoms with E-state index < -0.39 is 24.0 Å². The molecule has 1 unspecified atom stereocenters. The number of hydrogen-bond acceptors (Lipinski definition) is 5. The van der Waals surface area contributed by atoms with Gasteiger partial charge in [0.05, 0.1) is 6.04 Å². The molecule has 0 fully saturated rings. The van der Waals surface area contributed by atoms with Crippen LogP contribution in [0.5, 0.6) is 0 Å². The highest BCUT2D eigenvalue weighted by molar-refractivity contribution is 5.91. The molecule has 0 aliphatic rings. The molecule has 0 aliphatic heterocycles. The van der Waals surface area contributed by atoms with E-state index in [9.17, 15) is 9.59 Å². The van der Waals surface area contributed by atoms with Crippen LogP contribution < -0.4 is 17.2 Å². The Hall–Kier alpha value is -0.980. The van der Waals surface area contributed by atoms with Crippen LogP contribution in [0.4, 0.5) is 0 Å². The molecule has 0 heterocycles. The highest BCUT2D eigenvalue weighted by Crippen LogP contribution is 2.13. The predicted octanol–water partition coefficient (Wildman–Crippen LogP) is -1.33. The zero-order valence-corrected chi connectivity index (χ0v) is 8.85. The maximum atomic E-state index is 11.6. The summed E-state index contributed by atoms with van der Waals surface area (Å²) >= 11 is 0. The fraction of sp³-hybridized carbons (Fsp3) is 0.778. The van der Waals surface area contributed by atoms with Gasteiger partial charge in [0.25, 0.3) is 0 Å². The molecule has 0 amide bonds. The first-order valence-corrected chi connectivity index (χ1v) is 4.89. The maximum Gasteiger partial charge on any atom is 0.321 e. The smallest absolute Gasteiger partial charge is 0.321 e. The van der Waals surface area contributed by atoms with Crippen molar-refractivity contribution in [3.8, 4) is 0 Å². The van der Waals surface area contributed by atoms with Crippen molar-refractivity contribution < 1.29 is 14.7 Å². The molecule has 0 bridgehead atoms. The molecule has 0 saturated heterocycles. The molecule has 7 N–H and O–H groups in total. The van der Waals surface area contributed by atoms with E-state index in [1.54, 1.807) is 0 Å². The summed E-state index contributed by atoms with van der Waals surface area (Å²) in [5.74, 6) is -2.25. The van der Waals surface area contributed by atoms with Gasteiger partial charge in [0.2, 0.25) is 0 Å². The van der Waals surface area contributed by atoms with Crippen LogP contribution in [0.2, 0.25) is 0 Å². The average Bonchev–Trinajstić information content (AvgIpc) is 2.17. The van der Waals surface area contributed by atoms with Crippen molar-refractivity contribution in [1.29, 1.82) is 0 Å². The molecular formula is C9H19N3O3. The summed E-state index contributed by atoms with van der Waals surface area (Å²) in [5.41, 5.74) is 16.1. The van der Waals surface area contributed by atoms with E-state index in [1.165, 1.54) is 6.92 Å². The quantitative estimate of drug-likeness (QED) is 0.417. The number of Topliss-reactive ketones (excluding diaryl/α,β-unsaturated/α-hetero) is 1. The number of nitrogens with two attached hydrogens (primary N) is 3. The summed E-state index contributed by atoms with van der Waals surface area (Å²) < 4.78 is 0.